The minimum absolute atomic E-state index is 0.164. The fourth-order valence-electron chi connectivity index (χ4n) is 4.57. The van der Waals surface area contributed by atoms with Gasteiger partial charge in [0.25, 0.3) is 0 Å². The minimum atomic E-state index is -0.167. The lowest BCUT2D eigenvalue weighted by Gasteiger charge is -2.33. The molecular formula is C28H35N5O3S2. The number of aryl methyl sites for hydroxylation is 1. The van der Waals surface area contributed by atoms with Gasteiger partial charge < -0.3 is 19.4 Å². The largest absolute Gasteiger partial charge is 0.490 e. The van der Waals surface area contributed by atoms with E-state index in [9.17, 15) is 10.1 Å². The maximum Gasteiger partial charge on any atom is 0.235 e. The van der Waals surface area contributed by atoms with E-state index in [-0.39, 0.29) is 23.7 Å². The molecule has 1 N–H and O–H groups in total. The van der Waals surface area contributed by atoms with Crippen molar-refractivity contribution in [3.8, 4) is 17.6 Å². The van der Waals surface area contributed by atoms with Gasteiger partial charge in [0, 0.05) is 11.9 Å². The summed E-state index contributed by atoms with van der Waals surface area (Å²) in [5.74, 6) is 2.56. The molecule has 1 aromatic carbocycles. The number of nitrogens with one attached hydrogen (secondary N) is 1. The summed E-state index contributed by atoms with van der Waals surface area (Å²) in [4.78, 5) is 14.0. The lowest BCUT2D eigenvalue weighted by Crippen LogP contribution is -2.26. The Balaban J connectivity index is 1.36. The van der Waals surface area contributed by atoms with E-state index in [1.165, 1.54) is 16.6 Å². The topological polar surface area (TPSA) is 102 Å². The van der Waals surface area contributed by atoms with Gasteiger partial charge in [0.2, 0.25) is 5.91 Å². The Bertz CT molecular complexity index is 1350. The van der Waals surface area contributed by atoms with Crippen LogP contribution in [0.25, 0.3) is 0 Å². The number of fused-ring (bicyclic) bond motifs is 1. The predicted octanol–water partition coefficient (Wildman–Crippen LogP) is 5.92. The molecule has 1 atom stereocenters. The van der Waals surface area contributed by atoms with Crippen LogP contribution in [-0.4, -0.2) is 33.0 Å². The third-order valence-electron chi connectivity index (χ3n) is 6.87. The van der Waals surface area contributed by atoms with E-state index in [1.54, 1.807) is 11.3 Å². The Labute approximate surface area is 232 Å². The predicted molar refractivity (Wildman–Crippen MR) is 151 cm³/mol. The van der Waals surface area contributed by atoms with Crippen molar-refractivity contribution < 1.29 is 14.3 Å². The highest BCUT2D eigenvalue weighted by Crippen LogP contribution is 2.44. The van der Waals surface area contributed by atoms with Crippen molar-refractivity contribution in [1.82, 2.24) is 14.8 Å². The van der Waals surface area contributed by atoms with E-state index >= 15 is 0 Å². The lowest BCUT2D eigenvalue weighted by molar-refractivity contribution is -0.113. The summed E-state index contributed by atoms with van der Waals surface area (Å²) in [6, 6.07) is 8.13. The molecule has 0 bridgehead atoms. The van der Waals surface area contributed by atoms with Crippen LogP contribution >= 0.6 is 23.1 Å². The Morgan fingerprint density at radius 3 is 2.79 bits per heavy atom. The fourth-order valence-corrected chi connectivity index (χ4v) is 6.59. The number of aromatic nitrogens is 3. The number of nitrogens with zero attached hydrogens (tertiary/aromatic N) is 4. The van der Waals surface area contributed by atoms with Gasteiger partial charge in [-0.1, -0.05) is 38.6 Å². The Morgan fingerprint density at radius 2 is 2.08 bits per heavy atom. The molecule has 0 unspecified atom stereocenters. The van der Waals surface area contributed by atoms with Gasteiger partial charge in [-0.05, 0) is 67.7 Å². The van der Waals surface area contributed by atoms with Crippen LogP contribution in [0, 0.1) is 29.6 Å². The van der Waals surface area contributed by atoms with E-state index in [0.29, 0.717) is 45.6 Å². The molecule has 0 spiro atoms. The van der Waals surface area contributed by atoms with Crippen LogP contribution in [-0.2, 0) is 31.3 Å². The highest BCUT2D eigenvalue weighted by atomic mass is 32.2. The molecule has 3 aromatic rings. The molecule has 38 heavy (non-hydrogen) atoms. The first-order chi connectivity index (χ1) is 18.1. The summed E-state index contributed by atoms with van der Waals surface area (Å²) in [5.41, 5.74) is 3.05. The number of hydrogen-bond donors (Lipinski definition) is 1. The Kier molecular flexibility index (Phi) is 8.68. The summed E-state index contributed by atoms with van der Waals surface area (Å²) >= 11 is 2.85. The number of thioether (sulfide) groups is 1. The van der Waals surface area contributed by atoms with Crippen molar-refractivity contribution in [3.63, 3.8) is 0 Å². The number of amides is 1. The highest BCUT2D eigenvalue weighted by molar-refractivity contribution is 7.99. The maximum atomic E-state index is 12.8. The first-order valence-electron chi connectivity index (χ1n) is 12.8. The molecule has 10 heteroatoms. The number of thiophene rings is 1. The number of hydrogen-bond acceptors (Lipinski definition) is 8. The molecule has 202 valence electrons. The van der Waals surface area contributed by atoms with E-state index in [4.69, 9.17) is 9.47 Å². The quantitative estimate of drug-likeness (QED) is 0.328. The fraction of sp³-hybridized carbons (Fsp3) is 0.500. The molecule has 0 saturated carbocycles. The Morgan fingerprint density at radius 1 is 1.29 bits per heavy atom. The molecule has 4 rings (SSSR count). The van der Waals surface area contributed by atoms with Gasteiger partial charge in [0.05, 0.1) is 17.9 Å². The normalized spacial score (nSPS) is 15.0. The zero-order valence-corrected chi connectivity index (χ0v) is 24.5. The van der Waals surface area contributed by atoms with E-state index in [0.717, 1.165) is 30.4 Å². The van der Waals surface area contributed by atoms with Crippen LogP contribution in [0.4, 0.5) is 5.00 Å². The smallest absolute Gasteiger partial charge is 0.235 e. The summed E-state index contributed by atoms with van der Waals surface area (Å²) in [7, 11) is 1.85. The van der Waals surface area contributed by atoms with Gasteiger partial charge in [-0.2, -0.15) is 5.26 Å². The molecule has 0 radical (unpaired) electrons. The molecule has 1 amide bonds. The van der Waals surface area contributed by atoms with Crippen molar-refractivity contribution in [2.45, 2.75) is 65.6 Å². The lowest BCUT2D eigenvalue weighted by atomic mass is 9.72. The minimum Gasteiger partial charge on any atom is -0.490 e. The molecule has 0 saturated heterocycles. The third kappa shape index (κ3) is 6.33. The molecule has 8 nitrogen and oxygen atoms in total. The average molecular weight is 554 g/mol. The van der Waals surface area contributed by atoms with Crippen LogP contribution < -0.4 is 14.8 Å². The van der Waals surface area contributed by atoms with Crippen LogP contribution in [0.3, 0.4) is 0 Å². The number of benzene rings is 1. The molecule has 1 aliphatic carbocycles. The monoisotopic (exact) mass is 553 g/mol. The number of rotatable bonds is 9. The summed E-state index contributed by atoms with van der Waals surface area (Å²) in [6.45, 7) is 11.5. The summed E-state index contributed by atoms with van der Waals surface area (Å²) in [6.07, 6.45) is 2.92. The van der Waals surface area contributed by atoms with Gasteiger partial charge in [0.15, 0.2) is 22.5 Å². The number of nitriles is 1. The SMILES string of the molecule is CCOc1cc(C)ccc1OCc1nnc(SCC(=O)Nc2sc3c(c2C#N)CC[C@@H](C(C)(C)C)C3)n1C. The molecule has 1 aliphatic rings. The second kappa shape index (κ2) is 11.8. The van der Waals surface area contributed by atoms with Gasteiger partial charge in [-0.3, -0.25) is 4.79 Å². The first-order valence-corrected chi connectivity index (χ1v) is 14.6. The average Bonchev–Trinajstić information content (AvgIpc) is 3.40. The van der Waals surface area contributed by atoms with Gasteiger partial charge in [-0.25, -0.2) is 0 Å². The number of carbonyl (C=O) groups is 1. The van der Waals surface area contributed by atoms with Crippen molar-refractivity contribution in [2.75, 3.05) is 17.7 Å². The van der Waals surface area contributed by atoms with Crippen molar-refractivity contribution in [2.24, 2.45) is 18.4 Å². The van der Waals surface area contributed by atoms with E-state index < -0.39 is 0 Å². The maximum absolute atomic E-state index is 12.8. The van der Waals surface area contributed by atoms with Crippen LogP contribution in [0.2, 0.25) is 0 Å². The Hall–Kier alpha value is -3.03. The van der Waals surface area contributed by atoms with Crippen molar-refractivity contribution in [1.29, 1.82) is 5.26 Å². The highest BCUT2D eigenvalue weighted by Gasteiger charge is 2.32. The molecule has 0 fully saturated rings. The number of anilines is 1. The zero-order valence-electron chi connectivity index (χ0n) is 22.9. The molecule has 2 heterocycles. The molecule has 2 aromatic heterocycles. The molecule has 0 aliphatic heterocycles. The van der Waals surface area contributed by atoms with Crippen LogP contribution in [0.5, 0.6) is 11.5 Å². The second-order valence-electron chi connectivity index (χ2n) is 10.6. The number of carbonyl (C=O) groups excluding carboxylic acids is 1. The number of ether oxygens (including phenoxy) is 2. The standard InChI is InChI=1S/C28H35N5O3S2/c1-7-35-22-12-17(2)8-11-21(22)36-15-24-31-32-27(33(24)6)37-16-25(34)30-26-20(14-29)19-10-9-18(28(3,4)5)13-23(19)38-26/h8,11-12,18H,7,9-10,13,15-16H2,1-6H3,(H,30,34)/t18-/m1/s1. The van der Waals surface area contributed by atoms with Crippen molar-refractivity contribution >= 4 is 34.0 Å². The second-order valence-corrected chi connectivity index (χ2v) is 12.6. The van der Waals surface area contributed by atoms with Gasteiger partial charge in [0.1, 0.15) is 17.7 Å². The summed E-state index contributed by atoms with van der Waals surface area (Å²) < 4.78 is 13.5. The molecular weight excluding hydrogens is 518 g/mol. The van der Waals surface area contributed by atoms with Crippen LogP contribution in [0.15, 0.2) is 23.4 Å². The summed E-state index contributed by atoms with van der Waals surface area (Å²) in [5, 5.41) is 22.5. The van der Waals surface area contributed by atoms with Gasteiger partial charge in [-0.15, -0.1) is 21.5 Å². The first kappa shape index (κ1) is 28.0. The third-order valence-corrected chi connectivity index (χ3v) is 9.06. The van der Waals surface area contributed by atoms with E-state index in [1.807, 2.05) is 43.7 Å². The van der Waals surface area contributed by atoms with Gasteiger partial charge >= 0.3 is 0 Å². The van der Waals surface area contributed by atoms with Crippen molar-refractivity contribution in [3.05, 3.63) is 45.6 Å². The zero-order chi connectivity index (χ0) is 27.4. The van der Waals surface area contributed by atoms with Crippen LogP contribution in [0.1, 0.15) is 61.5 Å². The van der Waals surface area contributed by atoms with E-state index in [2.05, 4.69) is 42.4 Å².